The maximum atomic E-state index is 13.2. The molecule has 0 spiro atoms. The third-order valence-corrected chi connectivity index (χ3v) is 8.66. The molecule has 13 heteroatoms. The second kappa shape index (κ2) is 13.3. The monoisotopic (exact) mass is 642 g/mol. The fraction of sp³-hybridized carbons (Fsp3) is 0.367. The van der Waals surface area contributed by atoms with Gasteiger partial charge >= 0.3 is 5.69 Å². The first-order chi connectivity index (χ1) is 20.6. The maximum absolute atomic E-state index is 13.2. The zero-order valence-electron chi connectivity index (χ0n) is 23.8. The van der Waals surface area contributed by atoms with Gasteiger partial charge < -0.3 is 20.1 Å². The number of nitrogens with zero attached hydrogens (tertiary/aromatic N) is 4. The van der Waals surface area contributed by atoms with Crippen LogP contribution in [0.5, 0.6) is 0 Å². The minimum Gasteiger partial charge on any atom is -0.342 e. The predicted octanol–water partition coefficient (Wildman–Crippen LogP) is 5.24. The highest BCUT2D eigenvalue weighted by atomic mass is 35.5. The molecule has 1 aliphatic heterocycles. The van der Waals surface area contributed by atoms with E-state index >= 15 is 0 Å². The molecule has 1 fully saturated rings. The number of amides is 3. The van der Waals surface area contributed by atoms with Crippen LogP contribution in [-0.2, 0) is 16.0 Å². The Labute approximate surface area is 262 Å². The van der Waals surface area contributed by atoms with Crippen LogP contribution in [0.1, 0.15) is 48.8 Å². The Bertz CT molecular complexity index is 1710. The number of halogens is 2. The summed E-state index contributed by atoms with van der Waals surface area (Å²) in [5.41, 5.74) is 2.38. The molecule has 2 aromatic carbocycles. The third kappa shape index (κ3) is 7.29. The number of aromatic amines is 1. The molecule has 0 unspecified atom stereocenters. The molecule has 1 saturated heterocycles. The summed E-state index contributed by atoms with van der Waals surface area (Å²) in [6.45, 7) is 5.17. The van der Waals surface area contributed by atoms with Crippen LogP contribution in [-0.4, -0.2) is 68.2 Å². The number of rotatable bonds is 9. The Morgan fingerprint density at radius 3 is 2.60 bits per heavy atom. The van der Waals surface area contributed by atoms with Crippen molar-refractivity contribution in [3.8, 4) is 0 Å². The van der Waals surface area contributed by atoms with Gasteiger partial charge in [0.25, 0.3) is 5.91 Å². The molecule has 5 rings (SSSR count). The van der Waals surface area contributed by atoms with E-state index in [2.05, 4.69) is 15.3 Å². The lowest BCUT2D eigenvalue weighted by Crippen LogP contribution is -2.41. The first-order valence-electron chi connectivity index (χ1n) is 14.0. The van der Waals surface area contributed by atoms with E-state index in [1.165, 1.54) is 22.3 Å². The van der Waals surface area contributed by atoms with Crippen molar-refractivity contribution in [2.75, 3.05) is 31.5 Å². The van der Waals surface area contributed by atoms with Gasteiger partial charge in [0.1, 0.15) is 6.54 Å². The number of hydrogen-bond acceptors (Lipinski definition) is 6. The van der Waals surface area contributed by atoms with Crippen LogP contribution in [0.15, 0.2) is 52.6 Å². The summed E-state index contributed by atoms with van der Waals surface area (Å²) < 4.78 is 1.80. The Hall–Kier alpha value is -3.67. The van der Waals surface area contributed by atoms with Crippen molar-refractivity contribution in [1.82, 2.24) is 24.3 Å². The van der Waals surface area contributed by atoms with Crippen LogP contribution < -0.4 is 11.0 Å². The molecule has 0 radical (unpaired) electrons. The Kier molecular flexibility index (Phi) is 9.53. The first-order valence-corrected chi connectivity index (χ1v) is 15.7. The molecule has 0 aliphatic carbocycles. The fourth-order valence-electron chi connectivity index (χ4n) is 5.35. The summed E-state index contributed by atoms with van der Waals surface area (Å²) in [6, 6.07) is 12.3. The second-order valence-electron chi connectivity index (χ2n) is 11.0. The van der Waals surface area contributed by atoms with Crippen LogP contribution in [0.4, 0.5) is 5.13 Å². The lowest BCUT2D eigenvalue weighted by atomic mass is 10.0. The lowest BCUT2D eigenvalue weighted by molar-refractivity contribution is -0.131. The number of thiazole rings is 1. The molecule has 3 amide bonds. The highest BCUT2D eigenvalue weighted by molar-refractivity contribution is 7.13. The largest absolute Gasteiger partial charge is 0.342 e. The van der Waals surface area contributed by atoms with Crippen molar-refractivity contribution in [2.24, 2.45) is 5.92 Å². The van der Waals surface area contributed by atoms with Gasteiger partial charge in [-0.1, -0.05) is 49.2 Å². The molecule has 3 heterocycles. The number of likely N-dealkylation sites (tertiary alicyclic amines) is 1. The SMILES string of the molecule is CC(C)CN(CC(=O)Nc1nc(CC(=O)N2CCC(n3c(=O)[nH]c4ccccc43)CC2)cs1)C(=O)c1ccc(Cl)cc1Cl. The van der Waals surface area contributed by atoms with Gasteiger partial charge in [-0.3, -0.25) is 19.0 Å². The molecule has 2 aromatic heterocycles. The number of carbonyl (C=O) groups is 3. The van der Waals surface area contributed by atoms with Crippen LogP contribution in [0.25, 0.3) is 11.0 Å². The number of hydrogen-bond donors (Lipinski definition) is 2. The van der Waals surface area contributed by atoms with Crippen LogP contribution in [0.3, 0.4) is 0 Å². The van der Waals surface area contributed by atoms with Crippen molar-refractivity contribution in [3.05, 3.63) is 79.6 Å². The number of benzene rings is 2. The lowest BCUT2D eigenvalue weighted by Gasteiger charge is -2.32. The summed E-state index contributed by atoms with van der Waals surface area (Å²) in [7, 11) is 0. The molecule has 0 bridgehead atoms. The molecule has 43 heavy (non-hydrogen) atoms. The Morgan fingerprint density at radius 1 is 1.14 bits per heavy atom. The number of fused-ring (bicyclic) bond motifs is 1. The second-order valence-corrected chi connectivity index (χ2v) is 12.7. The average Bonchev–Trinajstić information content (AvgIpc) is 3.54. The van der Waals surface area contributed by atoms with E-state index in [-0.39, 0.29) is 53.0 Å². The van der Waals surface area contributed by atoms with Crippen molar-refractivity contribution in [3.63, 3.8) is 0 Å². The number of imidazole rings is 1. The number of aromatic nitrogens is 3. The van der Waals surface area contributed by atoms with Crippen molar-refractivity contribution < 1.29 is 14.4 Å². The maximum Gasteiger partial charge on any atom is 0.326 e. The summed E-state index contributed by atoms with van der Waals surface area (Å²) in [6.07, 6.45) is 1.47. The van der Waals surface area contributed by atoms with E-state index in [0.29, 0.717) is 48.3 Å². The van der Waals surface area contributed by atoms with Crippen molar-refractivity contribution in [2.45, 2.75) is 39.2 Å². The summed E-state index contributed by atoms with van der Waals surface area (Å²) >= 11 is 13.4. The number of H-pyrrole nitrogens is 1. The van der Waals surface area contributed by atoms with Crippen molar-refractivity contribution >= 4 is 68.4 Å². The van der Waals surface area contributed by atoms with Gasteiger partial charge in [-0.15, -0.1) is 11.3 Å². The molecule has 1 aliphatic rings. The van der Waals surface area contributed by atoms with E-state index in [1.807, 2.05) is 38.1 Å². The van der Waals surface area contributed by atoms with Gasteiger partial charge in [0.2, 0.25) is 11.8 Å². The highest BCUT2D eigenvalue weighted by Crippen LogP contribution is 2.26. The molecule has 0 atom stereocenters. The average molecular weight is 644 g/mol. The summed E-state index contributed by atoms with van der Waals surface area (Å²) in [5, 5.41) is 5.49. The molecular weight excluding hydrogens is 611 g/mol. The quantitative estimate of drug-likeness (QED) is 0.259. The van der Waals surface area contributed by atoms with Gasteiger partial charge in [0, 0.05) is 36.1 Å². The Morgan fingerprint density at radius 2 is 1.88 bits per heavy atom. The van der Waals surface area contributed by atoms with Gasteiger partial charge in [0.15, 0.2) is 5.13 Å². The van der Waals surface area contributed by atoms with E-state index in [0.717, 1.165) is 11.0 Å². The Balaban J connectivity index is 1.15. The van der Waals surface area contributed by atoms with E-state index in [9.17, 15) is 19.2 Å². The molecule has 0 saturated carbocycles. The minimum absolute atomic E-state index is 0.0200. The van der Waals surface area contributed by atoms with E-state index in [4.69, 9.17) is 23.2 Å². The van der Waals surface area contributed by atoms with Gasteiger partial charge in [-0.25, -0.2) is 9.78 Å². The number of nitrogens with one attached hydrogen (secondary N) is 2. The summed E-state index contributed by atoms with van der Waals surface area (Å²) in [4.78, 5) is 62.3. The van der Waals surface area contributed by atoms with Gasteiger partial charge in [-0.2, -0.15) is 0 Å². The fourth-order valence-corrected chi connectivity index (χ4v) is 6.56. The summed E-state index contributed by atoms with van der Waals surface area (Å²) in [5.74, 6) is -0.703. The first kappa shape index (κ1) is 30.8. The zero-order chi connectivity index (χ0) is 30.7. The molecule has 4 aromatic rings. The number of para-hydroxylation sites is 2. The van der Waals surface area contributed by atoms with E-state index < -0.39 is 5.91 Å². The van der Waals surface area contributed by atoms with Crippen LogP contribution >= 0.6 is 34.5 Å². The number of anilines is 1. The zero-order valence-corrected chi connectivity index (χ0v) is 26.1. The van der Waals surface area contributed by atoms with Crippen LogP contribution in [0, 0.1) is 5.92 Å². The van der Waals surface area contributed by atoms with Gasteiger partial charge in [0.05, 0.1) is 33.7 Å². The smallest absolute Gasteiger partial charge is 0.326 e. The standard InChI is InChI=1S/C30H32Cl2N6O4S/c1-18(2)15-37(28(41)22-8-7-19(31)13-23(22)32)16-26(39)35-29-33-20(17-43-29)14-27(40)36-11-9-21(10-12-36)38-25-6-4-3-5-24(25)34-30(38)42/h3-8,13,17-18,21H,9-12,14-16H2,1-2H3,(H,34,42)(H,33,35,39). The molecule has 2 N–H and O–H groups in total. The predicted molar refractivity (Wildman–Crippen MR) is 169 cm³/mol. The highest BCUT2D eigenvalue weighted by Gasteiger charge is 2.27. The van der Waals surface area contributed by atoms with Crippen molar-refractivity contribution in [1.29, 1.82) is 0 Å². The van der Waals surface area contributed by atoms with E-state index in [1.54, 1.807) is 27.0 Å². The molecule has 10 nitrogen and oxygen atoms in total. The normalized spacial score (nSPS) is 13.9. The number of carbonyl (C=O) groups excluding carboxylic acids is 3. The number of piperidine rings is 1. The third-order valence-electron chi connectivity index (χ3n) is 7.31. The molecular formula is C30H32Cl2N6O4S. The van der Waals surface area contributed by atoms with Gasteiger partial charge in [-0.05, 0) is 49.1 Å². The van der Waals surface area contributed by atoms with Crippen LogP contribution in [0.2, 0.25) is 10.0 Å². The minimum atomic E-state index is -0.402. The molecule has 226 valence electrons. The topological polar surface area (TPSA) is 120 Å².